The van der Waals surface area contributed by atoms with Crippen LogP contribution in [-0.4, -0.2) is 44.2 Å². The van der Waals surface area contributed by atoms with E-state index >= 15 is 0 Å². The Balaban J connectivity index is 2.68. The lowest BCUT2D eigenvalue weighted by atomic mass is 10.0. The fourth-order valence-electron chi connectivity index (χ4n) is 2.54. The Bertz CT molecular complexity index is 408. The van der Waals surface area contributed by atoms with Crippen molar-refractivity contribution in [2.45, 2.75) is 39.7 Å². The first-order chi connectivity index (χ1) is 10.1. The molecule has 3 nitrogen and oxygen atoms in total. The van der Waals surface area contributed by atoms with Gasteiger partial charge in [0.25, 0.3) is 0 Å². The average molecular weight is 357 g/mol. The Hall–Kier alpha value is -0.580. The number of likely N-dealkylation sites (N-methyl/N-ethyl adjacent to an activating group) is 1. The van der Waals surface area contributed by atoms with Crippen LogP contribution < -0.4 is 10.1 Å². The van der Waals surface area contributed by atoms with E-state index in [1.807, 2.05) is 6.07 Å². The molecule has 0 bridgehead atoms. The minimum atomic E-state index is 0.499. The molecule has 0 heterocycles. The normalized spacial score (nSPS) is 12.7. The highest BCUT2D eigenvalue weighted by molar-refractivity contribution is 9.10. The van der Waals surface area contributed by atoms with Crippen LogP contribution in [0, 0.1) is 0 Å². The smallest absolute Gasteiger partial charge is 0.119 e. The van der Waals surface area contributed by atoms with Crippen molar-refractivity contribution in [3.8, 4) is 5.75 Å². The molecular formula is C17H29BrN2O. The number of hydrogen-bond donors (Lipinski definition) is 1. The molecule has 21 heavy (non-hydrogen) atoms. The van der Waals surface area contributed by atoms with Crippen LogP contribution in [0.25, 0.3) is 0 Å². The molecule has 1 aromatic carbocycles. The van der Waals surface area contributed by atoms with Gasteiger partial charge in [0, 0.05) is 10.5 Å². The van der Waals surface area contributed by atoms with Crippen LogP contribution in [0.1, 0.15) is 32.8 Å². The van der Waals surface area contributed by atoms with Gasteiger partial charge < -0.3 is 15.0 Å². The molecular weight excluding hydrogens is 328 g/mol. The standard InChI is InChI=1S/C17H29BrN2O/c1-5-19-15(10-11-20(6-2)7-3)12-14-13-16(21-4)8-9-17(14)18/h8-9,13,15,19H,5-7,10-12H2,1-4H3. The van der Waals surface area contributed by atoms with Gasteiger partial charge in [-0.1, -0.05) is 36.7 Å². The summed E-state index contributed by atoms with van der Waals surface area (Å²) in [7, 11) is 1.72. The van der Waals surface area contributed by atoms with Crippen molar-refractivity contribution >= 4 is 15.9 Å². The van der Waals surface area contributed by atoms with Gasteiger partial charge in [-0.3, -0.25) is 0 Å². The summed E-state index contributed by atoms with van der Waals surface area (Å²) in [6.07, 6.45) is 2.19. The zero-order valence-corrected chi connectivity index (χ0v) is 15.4. The van der Waals surface area contributed by atoms with Crippen molar-refractivity contribution in [1.29, 1.82) is 0 Å². The Labute approximate surface area is 138 Å². The van der Waals surface area contributed by atoms with Gasteiger partial charge in [-0.15, -0.1) is 0 Å². The summed E-state index contributed by atoms with van der Waals surface area (Å²) in [6, 6.07) is 6.69. The van der Waals surface area contributed by atoms with E-state index in [1.54, 1.807) is 7.11 Å². The summed E-state index contributed by atoms with van der Waals surface area (Å²) in [5.41, 5.74) is 1.31. The SMILES string of the molecule is CCNC(CCN(CC)CC)Cc1cc(OC)ccc1Br. The number of ether oxygens (including phenoxy) is 1. The van der Waals surface area contributed by atoms with Gasteiger partial charge >= 0.3 is 0 Å². The van der Waals surface area contributed by atoms with Gasteiger partial charge in [0.15, 0.2) is 0 Å². The Kier molecular flexibility index (Phi) is 8.97. The highest BCUT2D eigenvalue weighted by Gasteiger charge is 2.13. The molecule has 0 amide bonds. The van der Waals surface area contributed by atoms with Crippen molar-refractivity contribution in [1.82, 2.24) is 10.2 Å². The van der Waals surface area contributed by atoms with Crippen LogP contribution in [0.2, 0.25) is 0 Å². The maximum Gasteiger partial charge on any atom is 0.119 e. The minimum Gasteiger partial charge on any atom is -0.497 e. The highest BCUT2D eigenvalue weighted by Crippen LogP contribution is 2.24. The summed E-state index contributed by atoms with van der Waals surface area (Å²) < 4.78 is 6.50. The van der Waals surface area contributed by atoms with Gasteiger partial charge in [0.05, 0.1) is 7.11 Å². The van der Waals surface area contributed by atoms with E-state index in [4.69, 9.17) is 4.74 Å². The van der Waals surface area contributed by atoms with E-state index in [9.17, 15) is 0 Å². The lowest BCUT2D eigenvalue weighted by molar-refractivity contribution is 0.281. The van der Waals surface area contributed by atoms with Crippen LogP contribution in [0.5, 0.6) is 5.75 Å². The molecule has 0 spiro atoms. The number of methoxy groups -OCH3 is 1. The van der Waals surface area contributed by atoms with Crippen molar-refractivity contribution in [3.05, 3.63) is 28.2 Å². The molecule has 0 fully saturated rings. The monoisotopic (exact) mass is 356 g/mol. The van der Waals surface area contributed by atoms with Crippen molar-refractivity contribution in [2.24, 2.45) is 0 Å². The van der Waals surface area contributed by atoms with Crippen LogP contribution in [0.15, 0.2) is 22.7 Å². The van der Waals surface area contributed by atoms with E-state index in [2.05, 4.69) is 59.1 Å². The second kappa shape index (κ2) is 10.2. The maximum absolute atomic E-state index is 5.33. The molecule has 0 aliphatic rings. The Morgan fingerprint density at radius 1 is 1.24 bits per heavy atom. The van der Waals surface area contributed by atoms with Crippen LogP contribution >= 0.6 is 15.9 Å². The van der Waals surface area contributed by atoms with Gasteiger partial charge in [0.1, 0.15) is 5.75 Å². The highest BCUT2D eigenvalue weighted by atomic mass is 79.9. The molecule has 1 unspecified atom stereocenters. The van der Waals surface area contributed by atoms with E-state index in [1.165, 1.54) is 12.0 Å². The zero-order chi connectivity index (χ0) is 15.7. The first-order valence-electron chi connectivity index (χ1n) is 7.92. The number of nitrogens with one attached hydrogen (secondary N) is 1. The van der Waals surface area contributed by atoms with Gasteiger partial charge in [-0.25, -0.2) is 0 Å². The molecule has 0 aromatic heterocycles. The van der Waals surface area contributed by atoms with E-state index < -0.39 is 0 Å². The molecule has 120 valence electrons. The van der Waals surface area contributed by atoms with Crippen LogP contribution in [0.3, 0.4) is 0 Å². The first-order valence-corrected chi connectivity index (χ1v) is 8.71. The number of nitrogens with zero attached hydrogens (tertiary/aromatic N) is 1. The molecule has 4 heteroatoms. The van der Waals surface area contributed by atoms with E-state index in [-0.39, 0.29) is 0 Å². The molecule has 0 saturated carbocycles. The van der Waals surface area contributed by atoms with E-state index in [0.717, 1.165) is 42.8 Å². The molecule has 1 N–H and O–H groups in total. The third kappa shape index (κ3) is 6.37. The number of hydrogen-bond acceptors (Lipinski definition) is 3. The summed E-state index contributed by atoms with van der Waals surface area (Å²) in [5, 5.41) is 3.61. The third-order valence-corrected chi connectivity index (χ3v) is 4.67. The number of halogens is 1. The summed E-state index contributed by atoms with van der Waals surface area (Å²) in [5.74, 6) is 0.923. The van der Waals surface area contributed by atoms with Crippen molar-refractivity contribution in [2.75, 3.05) is 33.3 Å². The first kappa shape index (κ1) is 18.5. The third-order valence-electron chi connectivity index (χ3n) is 3.90. The maximum atomic E-state index is 5.33. The molecule has 0 aliphatic carbocycles. The van der Waals surface area contributed by atoms with Gasteiger partial charge in [0.2, 0.25) is 0 Å². The number of rotatable bonds is 10. The van der Waals surface area contributed by atoms with Gasteiger partial charge in [-0.05, 0) is 62.8 Å². The van der Waals surface area contributed by atoms with E-state index in [0.29, 0.717) is 6.04 Å². The fourth-order valence-corrected chi connectivity index (χ4v) is 2.95. The quantitative estimate of drug-likeness (QED) is 0.691. The lowest BCUT2D eigenvalue weighted by Crippen LogP contribution is -2.35. The minimum absolute atomic E-state index is 0.499. The molecule has 1 aromatic rings. The summed E-state index contributed by atoms with van der Waals surface area (Å²) in [4.78, 5) is 2.48. The lowest BCUT2D eigenvalue weighted by Gasteiger charge is -2.24. The topological polar surface area (TPSA) is 24.5 Å². The summed E-state index contributed by atoms with van der Waals surface area (Å²) in [6.45, 7) is 11.0. The second-order valence-corrected chi connectivity index (χ2v) is 6.09. The predicted octanol–water partition coefficient (Wildman–Crippen LogP) is 3.71. The molecule has 0 saturated heterocycles. The van der Waals surface area contributed by atoms with Gasteiger partial charge in [-0.2, -0.15) is 0 Å². The van der Waals surface area contributed by atoms with Crippen molar-refractivity contribution < 1.29 is 4.74 Å². The van der Waals surface area contributed by atoms with Crippen molar-refractivity contribution in [3.63, 3.8) is 0 Å². The summed E-state index contributed by atoms with van der Waals surface area (Å²) >= 11 is 3.65. The largest absolute Gasteiger partial charge is 0.497 e. The Morgan fingerprint density at radius 2 is 1.95 bits per heavy atom. The molecule has 0 radical (unpaired) electrons. The average Bonchev–Trinajstić information content (AvgIpc) is 2.50. The van der Waals surface area contributed by atoms with Crippen LogP contribution in [-0.2, 0) is 6.42 Å². The zero-order valence-electron chi connectivity index (χ0n) is 13.8. The molecule has 1 atom stereocenters. The van der Waals surface area contributed by atoms with Crippen LogP contribution in [0.4, 0.5) is 0 Å². The second-order valence-electron chi connectivity index (χ2n) is 5.23. The fraction of sp³-hybridized carbons (Fsp3) is 0.647. The Morgan fingerprint density at radius 3 is 2.52 bits per heavy atom. The molecule has 0 aliphatic heterocycles. The predicted molar refractivity (Wildman–Crippen MR) is 94.3 cm³/mol. The number of benzene rings is 1. The molecule has 1 rings (SSSR count).